The molecule has 3 aromatic rings. The minimum atomic E-state index is -0.314. The lowest BCUT2D eigenvalue weighted by Gasteiger charge is -2.20. The monoisotopic (exact) mass is 690 g/mol. The third kappa shape index (κ3) is 8.76. The fourth-order valence-corrected chi connectivity index (χ4v) is 6.94. The molecule has 0 aromatic heterocycles. The van der Waals surface area contributed by atoms with Crippen molar-refractivity contribution in [2.24, 2.45) is 4.99 Å². The van der Waals surface area contributed by atoms with Crippen LogP contribution in [0.2, 0.25) is 0 Å². The Morgan fingerprint density at radius 3 is 2.24 bits per heavy atom. The lowest BCUT2D eigenvalue weighted by molar-refractivity contribution is 0.0498. The summed E-state index contributed by atoms with van der Waals surface area (Å²) in [5.41, 5.74) is 9.53. The number of nitrogens with zero attached hydrogens (tertiary/aromatic N) is 1. The van der Waals surface area contributed by atoms with E-state index in [0.717, 1.165) is 137 Å². The van der Waals surface area contributed by atoms with Gasteiger partial charge in [0.25, 0.3) is 0 Å². The number of fused-ring (bicyclic) bond motifs is 2. The summed E-state index contributed by atoms with van der Waals surface area (Å²) in [5.74, 6) is 0.984. The number of hydrogen-bond donors (Lipinski definition) is 3. The van der Waals surface area contributed by atoms with Crippen LogP contribution in [0.3, 0.4) is 0 Å². The maximum absolute atomic E-state index is 13.6. The molecule has 3 N–H and O–H groups in total. The van der Waals surface area contributed by atoms with Gasteiger partial charge in [0.05, 0.1) is 17.5 Å². The van der Waals surface area contributed by atoms with Gasteiger partial charge in [0.15, 0.2) is 0 Å². The first-order valence-electron chi connectivity index (χ1n) is 18.7. The number of carbonyl (C=O) groups is 1. The van der Waals surface area contributed by atoms with Gasteiger partial charge >= 0.3 is 5.97 Å². The van der Waals surface area contributed by atoms with E-state index < -0.39 is 0 Å². The van der Waals surface area contributed by atoms with Crippen molar-refractivity contribution in [3.05, 3.63) is 93.3 Å². The minimum Gasteiger partial charge on any atom is -0.508 e. The topological polar surface area (TPSA) is 104 Å². The summed E-state index contributed by atoms with van der Waals surface area (Å²) in [6, 6.07) is 17.8. The number of nitrogens with one attached hydrogen (secondary N) is 1. The molecule has 2 aliphatic rings. The highest BCUT2D eigenvalue weighted by Crippen LogP contribution is 2.43. The molecule has 270 valence electrons. The zero-order chi connectivity index (χ0) is 36.5. The summed E-state index contributed by atoms with van der Waals surface area (Å²) in [6.45, 7) is 13.8. The van der Waals surface area contributed by atoms with Crippen LogP contribution in [-0.4, -0.2) is 35.9 Å². The number of unbranched alkanes of at least 4 members (excludes halogenated alkanes) is 7. The van der Waals surface area contributed by atoms with Gasteiger partial charge in [0.2, 0.25) is 0 Å². The third-order valence-electron chi connectivity index (χ3n) is 9.99. The van der Waals surface area contributed by atoms with Crippen molar-refractivity contribution < 1.29 is 24.2 Å². The van der Waals surface area contributed by atoms with E-state index in [1.54, 1.807) is 6.07 Å². The van der Waals surface area contributed by atoms with Gasteiger partial charge in [-0.25, -0.2) is 4.79 Å². The fourth-order valence-electron chi connectivity index (χ4n) is 6.94. The Labute approximate surface area is 302 Å². The third-order valence-corrected chi connectivity index (χ3v) is 9.99. The van der Waals surface area contributed by atoms with Crippen LogP contribution in [0.4, 0.5) is 5.69 Å². The number of phenols is 2. The van der Waals surface area contributed by atoms with E-state index in [1.807, 2.05) is 51.1 Å². The summed E-state index contributed by atoms with van der Waals surface area (Å²) in [4.78, 5) is 18.3. The maximum Gasteiger partial charge on any atom is 0.338 e. The zero-order valence-electron chi connectivity index (χ0n) is 31.2. The Bertz CT molecular complexity index is 2030. The Kier molecular flexibility index (Phi) is 12.8. The SMILES string of the molecule is CC/N=c1/cc2oc3cc(NCC)c(C)cc3c(-c3ccccc3C(=O)OCCCCCCCCCCc3cc(O)c(C)c(C)c3O)c-2cc1C. The predicted molar refractivity (Wildman–Crippen MR) is 208 cm³/mol. The molecule has 51 heavy (non-hydrogen) atoms. The molecule has 0 radical (unpaired) electrons. The van der Waals surface area contributed by atoms with Crippen molar-refractivity contribution in [2.45, 2.75) is 99.3 Å². The summed E-state index contributed by atoms with van der Waals surface area (Å²) >= 11 is 0. The Balaban J connectivity index is 1.20. The van der Waals surface area contributed by atoms with E-state index in [0.29, 0.717) is 24.5 Å². The van der Waals surface area contributed by atoms with Gasteiger partial charge in [-0.05, 0) is 118 Å². The molecule has 0 unspecified atom stereocenters. The average Bonchev–Trinajstić information content (AvgIpc) is 3.12. The molecule has 0 amide bonds. The maximum atomic E-state index is 13.6. The first-order valence-corrected chi connectivity index (χ1v) is 18.7. The fraction of sp³-hybridized carbons (Fsp3) is 0.409. The second kappa shape index (κ2) is 17.4. The van der Waals surface area contributed by atoms with Gasteiger partial charge in [-0.2, -0.15) is 0 Å². The summed E-state index contributed by atoms with van der Waals surface area (Å²) in [7, 11) is 0. The number of anilines is 1. The van der Waals surface area contributed by atoms with Gasteiger partial charge in [0, 0.05) is 47.4 Å². The molecule has 1 heterocycles. The highest BCUT2D eigenvalue weighted by Gasteiger charge is 2.23. The highest BCUT2D eigenvalue weighted by molar-refractivity contribution is 6.08. The molecular weight excluding hydrogens is 636 g/mol. The average molecular weight is 691 g/mol. The number of aromatic hydroxyl groups is 2. The standard InChI is InChI=1S/C44H54N2O5/c1-7-45-37-26-40-35(23-28(37)3)42(36-24-29(4)38(46-8-2)27-41(36)51-40)33-20-16-17-21-34(33)44(49)50-22-18-14-12-10-9-11-13-15-19-32-25-39(47)30(5)31(6)43(32)48/h16-17,20-21,23-27,45,47-48H,7-15,18-19,22H2,1-6H3/b46-38-. The number of aryl methyl sites for hydroxylation is 3. The summed E-state index contributed by atoms with van der Waals surface area (Å²) in [6.07, 6.45) is 9.24. The first kappa shape index (κ1) is 37.5. The second-order valence-corrected chi connectivity index (χ2v) is 13.7. The quantitative estimate of drug-likeness (QED) is 0.0412. The van der Waals surface area contributed by atoms with Crippen LogP contribution in [-0.2, 0) is 11.2 Å². The van der Waals surface area contributed by atoms with Crippen molar-refractivity contribution in [3.8, 4) is 33.9 Å². The van der Waals surface area contributed by atoms with E-state index >= 15 is 0 Å². The molecule has 0 bridgehead atoms. The van der Waals surface area contributed by atoms with E-state index in [1.165, 1.54) is 0 Å². The number of benzene rings is 4. The van der Waals surface area contributed by atoms with Crippen LogP contribution in [0.1, 0.15) is 103 Å². The Morgan fingerprint density at radius 2 is 1.51 bits per heavy atom. The van der Waals surface area contributed by atoms with Gasteiger partial charge in [0.1, 0.15) is 22.8 Å². The van der Waals surface area contributed by atoms with Crippen LogP contribution >= 0.6 is 0 Å². The summed E-state index contributed by atoms with van der Waals surface area (Å²) < 4.78 is 12.4. The van der Waals surface area contributed by atoms with Gasteiger partial charge in [-0.1, -0.05) is 56.7 Å². The van der Waals surface area contributed by atoms with E-state index in [2.05, 4.69) is 49.3 Å². The van der Waals surface area contributed by atoms with Crippen molar-refractivity contribution in [1.29, 1.82) is 0 Å². The lowest BCUT2D eigenvalue weighted by Crippen LogP contribution is -2.11. The van der Waals surface area contributed by atoms with Crippen molar-refractivity contribution in [2.75, 3.05) is 25.0 Å². The molecule has 1 aliphatic carbocycles. The molecule has 7 nitrogen and oxygen atoms in total. The molecule has 7 heteroatoms. The normalized spacial score (nSPS) is 11.8. The van der Waals surface area contributed by atoms with Crippen molar-refractivity contribution in [3.63, 3.8) is 0 Å². The molecule has 0 atom stereocenters. The number of carbonyl (C=O) groups excluding carboxylic acids is 1. The number of esters is 1. The Hall–Kier alpha value is -4.78. The van der Waals surface area contributed by atoms with Gasteiger partial charge in [-0.15, -0.1) is 0 Å². The molecule has 5 rings (SSSR count). The van der Waals surface area contributed by atoms with Crippen molar-refractivity contribution in [1.82, 2.24) is 0 Å². The molecule has 3 aromatic carbocycles. The van der Waals surface area contributed by atoms with Crippen LogP contribution in [0.25, 0.3) is 33.4 Å². The number of rotatable bonds is 16. The first-order chi connectivity index (χ1) is 24.6. The molecule has 1 aliphatic heterocycles. The van der Waals surface area contributed by atoms with Crippen LogP contribution in [0, 0.1) is 27.7 Å². The van der Waals surface area contributed by atoms with E-state index in [4.69, 9.17) is 9.15 Å². The van der Waals surface area contributed by atoms with E-state index in [-0.39, 0.29) is 11.7 Å². The van der Waals surface area contributed by atoms with Crippen molar-refractivity contribution >= 4 is 22.6 Å². The number of ether oxygens (including phenoxy) is 1. The molecule has 0 saturated heterocycles. The molecule has 0 fully saturated rings. The van der Waals surface area contributed by atoms with Gasteiger partial charge in [-0.3, -0.25) is 4.99 Å². The molecule has 0 spiro atoms. The largest absolute Gasteiger partial charge is 0.508 e. The predicted octanol–water partition coefficient (Wildman–Crippen LogP) is 10.7. The Morgan fingerprint density at radius 1 is 0.804 bits per heavy atom. The molecule has 0 saturated carbocycles. The molecular formula is C44H54N2O5. The van der Waals surface area contributed by atoms with Crippen LogP contribution < -0.4 is 10.7 Å². The minimum absolute atomic E-state index is 0.256. The zero-order valence-corrected chi connectivity index (χ0v) is 31.2. The lowest BCUT2D eigenvalue weighted by atomic mass is 9.89. The van der Waals surface area contributed by atoms with Crippen LogP contribution in [0.5, 0.6) is 11.5 Å². The number of phenolic OH excluding ortho intramolecular Hbond substituents is 2. The smallest absolute Gasteiger partial charge is 0.338 e. The summed E-state index contributed by atoms with van der Waals surface area (Å²) in [5, 5.41) is 25.8. The second-order valence-electron chi connectivity index (χ2n) is 13.7. The van der Waals surface area contributed by atoms with Crippen LogP contribution in [0.15, 0.2) is 64.0 Å². The van der Waals surface area contributed by atoms with Gasteiger partial charge < -0.3 is 24.7 Å². The van der Waals surface area contributed by atoms with E-state index in [9.17, 15) is 15.0 Å². The number of hydrogen-bond acceptors (Lipinski definition) is 7. The highest BCUT2D eigenvalue weighted by atomic mass is 16.5.